The van der Waals surface area contributed by atoms with Crippen LogP contribution < -0.4 is 5.32 Å². The number of halogens is 1. The number of carbonyl (C=O) groups excluding carboxylic acids is 1. The minimum Gasteiger partial charge on any atom is -0.361 e. The number of carbonyl (C=O) groups is 1. The van der Waals surface area contributed by atoms with Crippen molar-refractivity contribution >= 4 is 17.5 Å². The second-order valence-corrected chi connectivity index (χ2v) is 3.73. The highest BCUT2D eigenvalue weighted by Crippen LogP contribution is 2.01. The fourth-order valence-electron chi connectivity index (χ4n) is 1.16. The van der Waals surface area contributed by atoms with Crippen LogP contribution in [0, 0.1) is 6.92 Å². The Labute approximate surface area is 94.0 Å². The van der Waals surface area contributed by atoms with E-state index in [-0.39, 0.29) is 5.91 Å². The zero-order chi connectivity index (χ0) is 11.1. The van der Waals surface area contributed by atoms with Gasteiger partial charge in [-0.25, -0.2) is 0 Å². The molecule has 0 aliphatic heterocycles. The van der Waals surface area contributed by atoms with Crippen LogP contribution in [0.2, 0.25) is 0 Å². The second kappa shape index (κ2) is 6.45. The summed E-state index contributed by atoms with van der Waals surface area (Å²) in [5, 5.41) is 6.54. The van der Waals surface area contributed by atoms with Crippen molar-refractivity contribution in [1.29, 1.82) is 0 Å². The Bertz CT molecular complexity index is 312. The number of rotatable bonds is 6. The minimum atomic E-state index is 0.0285. The summed E-state index contributed by atoms with van der Waals surface area (Å²) < 4.78 is 4.88. The van der Waals surface area contributed by atoms with Crippen molar-refractivity contribution in [3.8, 4) is 0 Å². The first-order chi connectivity index (χ1) is 7.22. The fourth-order valence-corrected chi connectivity index (χ4v) is 1.35. The van der Waals surface area contributed by atoms with Gasteiger partial charge in [0, 0.05) is 18.4 Å². The van der Waals surface area contributed by atoms with Crippen molar-refractivity contribution in [3.63, 3.8) is 0 Å². The van der Waals surface area contributed by atoms with Gasteiger partial charge in [-0.1, -0.05) is 5.16 Å². The normalized spacial score (nSPS) is 10.3. The molecule has 0 atom stereocenters. The summed E-state index contributed by atoms with van der Waals surface area (Å²) in [6.45, 7) is 2.25. The van der Waals surface area contributed by atoms with Gasteiger partial charge in [0.25, 0.3) is 0 Å². The maximum absolute atomic E-state index is 11.3. The third-order valence-corrected chi connectivity index (χ3v) is 2.20. The van der Waals surface area contributed by atoms with Crippen LogP contribution in [0.15, 0.2) is 10.6 Å². The van der Waals surface area contributed by atoms with Crippen molar-refractivity contribution in [3.05, 3.63) is 17.5 Å². The van der Waals surface area contributed by atoms with E-state index in [1.165, 1.54) is 0 Å². The van der Waals surface area contributed by atoms with Crippen molar-refractivity contribution < 1.29 is 9.32 Å². The molecule has 0 saturated carbocycles. The van der Waals surface area contributed by atoms with E-state index in [4.69, 9.17) is 16.1 Å². The lowest BCUT2D eigenvalue weighted by Gasteiger charge is -2.01. The maximum atomic E-state index is 11.3. The van der Waals surface area contributed by atoms with Gasteiger partial charge in [0.1, 0.15) is 11.5 Å². The Balaban J connectivity index is 2.16. The highest BCUT2D eigenvalue weighted by atomic mass is 35.5. The lowest BCUT2D eigenvalue weighted by atomic mass is 10.2. The van der Waals surface area contributed by atoms with Crippen LogP contribution in [0.1, 0.15) is 30.7 Å². The van der Waals surface area contributed by atoms with E-state index in [0.29, 0.717) is 18.8 Å². The molecule has 0 aliphatic rings. The third-order valence-electron chi connectivity index (χ3n) is 1.93. The van der Waals surface area contributed by atoms with Crippen molar-refractivity contribution in [2.75, 3.05) is 5.88 Å². The lowest BCUT2D eigenvalue weighted by molar-refractivity contribution is -0.121. The average molecular weight is 231 g/mol. The molecule has 0 aliphatic carbocycles. The van der Waals surface area contributed by atoms with Crippen molar-refractivity contribution in [2.24, 2.45) is 0 Å². The summed E-state index contributed by atoms with van der Waals surface area (Å²) in [5.41, 5.74) is 0.748. The molecule has 1 aromatic rings. The SMILES string of the molecule is Cc1cc(CNC(=O)CCCCCl)no1. The Kier molecular flexibility index (Phi) is 5.18. The Morgan fingerprint density at radius 3 is 3.00 bits per heavy atom. The van der Waals surface area contributed by atoms with Gasteiger partial charge in [-0.3, -0.25) is 4.79 Å². The number of nitrogens with zero attached hydrogens (tertiary/aromatic N) is 1. The van der Waals surface area contributed by atoms with Crippen LogP contribution in [-0.2, 0) is 11.3 Å². The molecule has 1 heterocycles. The first kappa shape index (κ1) is 12.0. The van der Waals surface area contributed by atoms with Gasteiger partial charge >= 0.3 is 0 Å². The summed E-state index contributed by atoms with van der Waals surface area (Å²) in [6, 6.07) is 1.80. The smallest absolute Gasteiger partial charge is 0.220 e. The molecule has 0 aromatic carbocycles. The first-order valence-electron chi connectivity index (χ1n) is 4.97. The molecule has 1 rings (SSSR count). The topological polar surface area (TPSA) is 55.1 Å². The lowest BCUT2D eigenvalue weighted by Crippen LogP contribution is -2.22. The van der Waals surface area contributed by atoms with E-state index < -0.39 is 0 Å². The van der Waals surface area contributed by atoms with Crippen molar-refractivity contribution in [1.82, 2.24) is 10.5 Å². The standard InChI is InChI=1S/C10H15ClN2O2/c1-8-6-9(13-15-8)7-12-10(14)4-2-3-5-11/h6H,2-5,7H2,1H3,(H,12,14). The van der Waals surface area contributed by atoms with E-state index in [1.54, 1.807) is 6.07 Å². The van der Waals surface area contributed by atoms with Gasteiger partial charge < -0.3 is 9.84 Å². The zero-order valence-corrected chi connectivity index (χ0v) is 9.51. The number of amides is 1. The zero-order valence-electron chi connectivity index (χ0n) is 8.75. The van der Waals surface area contributed by atoms with Gasteiger partial charge in [-0.2, -0.15) is 0 Å². The molecule has 1 amide bonds. The van der Waals surface area contributed by atoms with E-state index in [2.05, 4.69) is 10.5 Å². The number of aryl methyl sites for hydroxylation is 1. The van der Waals surface area contributed by atoms with E-state index in [9.17, 15) is 4.79 Å². The first-order valence-corrected chi connectivity index (χ1v) is 5.50. The quantitative estimate of drug-likeness (QED) is 0.601. The van der Waals surface area contributed by atoms with Crippen LogP contribution in [0.3, 0.4) is 0 Å². The van der Waals surface area contributed by atoms with Gasteiger partial charge in [0.15, 0.2) is 0 Å². The minimum absolute atomic E-state index is 0.0285. The molecular weight excluding hydrogens is 216 g/mol. The molecule has 0 saturated heterocycles. The monoisotopic (exact) mass is 230 g/mol. The van der Waals surface area contributed by atoms with Crippen molar-refractivity contribution in [2.45, 2.75) is 32.7 Å². The Morgan fingerprint density at radius 1 is 1.60 bits per heavy atom. The number of hydrogen-bond donors (Lipinski definition) is 1. The van der Waals surface area contributed by atoms with E-state index in [1.807, 2.05) is 6.92 Å². The predicted molar refractivity (Wildman–Crippen MR) is 57.7 cm³/mol. The Hall–Kier alpha value is -1.03. The molecule has 15 heavy (non-hydrogen) atoms. The summed E-state index contributed by atoms with van der Waals surface area (Å²) in [5.74, 6) is 1.39. The van der Waals surface area contributed by atoms with Crippen LogP contribution in [0.4, 0.5) is 0 Å². The number of aromatic nitrogens is 1. The molecule has 0 unspecified atom stereocenters. The van der Waals surface area contributed by atoms with E-state index in [0.717, 1.165) is 24.3 Å². The summed E-state index contributed by atoms with van der Waals surface area (Å²) in [6.07, 6.45) is 2.22. The summed E-state index contributed by atoms with van der Waals surface area (Å²) in [4.78, 5) is 11.3. The molecule has 0 fully saturated rings. The van der Waals surface area contributed by atoms with Gasteiger partial charge in [0.2, 0.25) is 5.91 Å². The molecular formula is C10H15ClN2O2. The molecule has 1 N–H and O–H groups in total. The number of nitrogens with one attached hydrogen (secondary N) is 1. The highest BCUT2D eigenvalue weighted by molar-refractivity contribution is 6.17. The molecule has 0 radical (unpaired) electrons. The number of alkyl halides is 1. The highest BCUT2D eigenvalue weighted by Gasteiger charge is 2.03. The molecule has 4 nitrogen and oxygen atoms in total. The van der Waals surface area contributed by atoms with Gasteiger partial charge in [-0.05, 0) is 19.8 Å². The molecule has 0 bridgehead atoms. The van der Waals surface area contributed by atoms with Gasteiger partial charge in [-0.15, -0.1) is 11.6 Å². The predicted octanol–water partition coefficient (Wildman–Crippen LogP) is 2.01. The van der Waals surface area contributed by atoms with Crippen LogP contribution in [-0.4, -0.2) is 16.9 Å². The summed E-state index contributed by atoms with van der Waals surface area (Å²) >= 11 is 5.51. The number of hydrogen-bond acceptors (Lipinski definition) is 3. The molecule has 84 valence electrons. The van der Waals surface area contributed by atoms with Crippen LogP contribution >= 0.6 is 11.6 Å². The largest absolute Gasteiger partial charge is 0.361 e. The molecule has 1 aromatic heterocycles. The van der Waals surface area contributed by atoms with Crippen LogP contribution in [0.5, 0.6) is 0 Å². The maximum Gasteiger partial charge on any atom is 0.220 e. The Morgan fingerprint density at radius 2 is 2.40 bits per heavy atom. The average Bonchev–Trinajstić information content (AvgIpc) is 2.62. The third kappa shape index (κ3) is 4.83. The van der Waals surface area contributed by atoms with E-state index >= 15 is 0 Å². The summed E-state index contributed by atoms with van der Waals surface area (Å²) in [7, 11) is 0. The second-order valence-electron chi connectivity index (χ2n) is 3.35. The van der Waals surface area contributed by atoms with Crippen LogP contribution in [0.25, 0.3) is 0 Å². The molecule has 0 spiro atoms. The molecule has 5 heteroatoms. The number of unbranched alkanes of at least 4 members (excludes halogenated alkanes) is 1. The van der Waals surface area contributed by atoms with Gasteiger partial charge in [0.05, 0.1) is 6.54 Å². The fraction of sp³-hybridized carbons (Fsp3) is 0.600.